The number of allylic oxidation sites excluding steroid dienone is 1. The summed E-state index contributed by atoms with van der Waals surface area (Å²) in [6.45, 7) is 9.26. The van der Waals surface area contributed by atoms with Gasteiger partial charge in [-0.25, -0.2) is 0 Å². The van der Waals surface area contributed by atoms with Crippen LogP contribution in [0.5, 0.6) is 0 Å². The molecule has 4 nitrogen and oxygen atoms in total. The topological polar surface area (TPSA) is 63.6 Å². The molecule has 0 heterocycles. The first-order chi connectivity index (χ1) is 14.7. The quantitative estimate of drug-likeness (QED) is 0.484. The van der Waals surface area contributed by atoms with Gasteiger partial charge in [-0.2, -0.15) is 0 Å². The number of aliphatic hydroxyl groups is 1. The molecule has 0 unspecified atom stereocenters. The van der Waals surface area contributed by atoms with Crippen molar-refractivity contribution in [2.24, 2.45) is 46.3 Å². The van der Waals surface area contributed by atoms with E-state index < -0.39 is 6.10 Å². The number of rotatable bonds is 4. The summed E-state index contributed by atoms with van der Waals surface area (Å²) in [6, 6.07) is 0. The first-order valence-electron chi connectivity index (χ1n) is 12.6. The van der Waals surface area contributed by atoms with Crippen LogP contribution in [0.1, 0.15) is 85.5 Å². The molecule has 0 aromatic heterocycles. The second kappa shape index (κ2) is 8.32. The van der Waals surface area contributed by atoms with Crippen LogP contribution < -0.4 is 0 Å². The lowest BCUT2D eigenvalue weighted by Crippen LogP contribution is -2.59. The third kappa shape index (κ3) is 3.52. The molecule has 0 bridgehead atoms. The minimum absolute atomic E-state index is 0.110. The van der Waals surface area contributed by atoms with Gasteiger partial charge in [-0.05, 0) is 97.4 Å². The van der Waals surface area contributed by atoms with Crippen LogP contribution in [-0.2, 0) is 14.3 Å². The third-order valence-corrected chi connectivity index (χ3v) is 10.6. The van der Waals surface area contributed by atoms with E-state index in [1.165, 1.54) is 26.4 Å². The molecule has 0 amide bonds. The number of esters is 1. The maximum atomic E-state index is 12.3. The fourth-order valence-electron chi connectivity index (χ4n) is 8.92. The number of Topliss-reactive ketones (excluding diaryl/α,β-unsaturated/α-hetero) is 1. The molecule has 4 heteroatoms. The lowest BCUT2D eigenvalue weighted by atomic mass is 9.43. The van der Waals surface area contributed by atoms with E-state index in [1.54, 1.807) is 0 Å². The van der Waals surface area contributed by atoms with Crippen LogP contribution in [0.15, 0.2) is 11.6 Å². The summed E-state index contributed by atoms with van der Waals surface area (Å²) >= 11 is 0. The number of carbonyl (C=O) groups excluding carboxylic acids is 2. The van der Waals surface area contributed by atoms with E-state index in [2.05, 4.69) is 26.8 Å². The summed E-state index contributed by atoms with van der Waals surface area (Å²) in [5.41, 5.74) is 1.50. The van der Waals surface area contributed by atoms with Crippen molar-refractivity contribution in [2.45, 2.75) is 91.6 Å². The second-order valence-electron chi connectivity index (χ2n) is 11.6. The van der Waals surface area contributed by atoms with Gasteiger partial charge in [-0.3, -0.25) is 9.59 Å². The number of fused-ring (bicyclic) bond motifs is 5. The first kappa shape index (κ1) is 23.0. The van der Waals surface area contributed by atoms with Crippen molar-refractivity contribution in [3.8, 4) is 0 Å². The molecule has 0 radical (unpaired) electrons. The highest BCUT2D eigenvalue weighted by Crippen LogP contribution is 2.69. The Kier molecular flexibility index (Phi) is 6.17. The zero-order valence-electron chi connectivity index (χ0n) is 20.2. The molecule has 4 saturated carbocycles. The van der Waals surface area contributed by atoms with Gasteiger partial charge in [-0.15, -0.1) is 0 Å². The predicted molar refractivity (Wildman–Crippen MR) is 121 cm³/mol. The molecule has 0 aromatic carbocycles. The highest BCUT2D eigenvalue weighted by Gasteiger charge is 2.63. The molecular weight excluding hydrogens is 388 g/mol. The molecular formula is C27H42O4. The molecule has 0 aromatic rings. The molecule has 1 N–H and O–H groups in total. The lowest BCUT2D eigenvalue weighted by Gasteiger charge is -2.62. The second-order valence-corrected chi connectivity index (χ2v) is 11.6. The Balaban J connectivity index is 1.61. The predicted octanol–water partition coefficient (Wildman–Crippen LogP) is 5.33. The monoisotopic (exact) mass is 430 g/mol. The highest BCUT2D eigenvalue weighted by molar-refractivity contribution is 5.80. The fourth-order valence-corrected chi connectivity index (χ4v) is 8.92. The van der Waals surface area contributed by atoms with Crippen LogP contribution in [0, 0.1) is 46.3 Å². The van der Waals surface area contributed by atoms with E-state index in [-0.39, 0.29) is 22.7 Å². The lowest BCUT2D eigenvalue weighted by molar-refractivity contribution is -0.149. The van der Waals surface area contributed by atoms with Crippen molar-refractivity contribution in [2.75, 3.05) is 7.11 Å². The maximum Gasteiger partial charge on any atom is 0.305 e. The zero-order chi connectivity index (χ0) is 22.6. The van der Waals surface area contributed by atoms with Gasteiger partial charge >= 0.3 is 5.97 Å². The summed E-state index contributed by atoms with van der Waals surface area (Å²) in [6.07, 6.45) is 10.1. The average Bonchev–Trinajstić information content (AvgIpc) is 3.10. The van der Waals surface area contributed by atoms with Gasteiger partial charge in [0, 0.05) is 19.3 Å². The van der Waals surface area contributed by atoms with Crippen molar-refractivity contribution >= 4 is 11.8 Å². The number of ether oxygens (including phenoxy) is 1. The first-order valence-corrected chi connectivity index (χ1v) is 12.6. The minimum Gasteiger partial charge on any atom is -0.469 e. The maximum absolute atomic E-state index is 12.3. The van der Waals surface area contributed by atoms with Gasteiger partial charge in [0.15, 0.2) is 0 Å². The highest BCUT2D eigenvalue weighted by atomic mass is 16.5. The Morgan fingerprint density at radius 3 is 2.58 bits per heavy atom. The van der Waals surface area contributed by atoms with E-state index >= 15 is 0 Å². The van der Waals surface area contributed by atoms with Crippen molar-refractivity contribution in [1.82, 2.24) is 0 Å². The average molecular weight is 431 g/mol. The molecule has 0 saturated heterocycles. The van der Waals surface area contributed by atoms with E-state index in [1.807, 2.05) is 6.92 Å². The van der Waals surface area contributed by atoms with Gasteiger partial charge in [0.2, 0.25) is 0 Å². The largest absolute Gasteiger partial charge is 0.469 e. The SMILES string of the molecule is CC=C1[C@@H](O)[C@@H]2[C@H](CC[C@]3(C)[C@@H]([C@H](C)CCC(=O)OC)CC[C@@H]23)[C@@]2(C)CCC(=O)C[C@@H]12. The number of aliphatic hydroxyl groups excluding tert-OH is 1. The summed E-state index contributed by atoms with van der Waals surface area (Å²) in [7, 11) is 1.47. The molecule has 4 rings (SSSR count). The number of carbonyl (C=O) groups is 2. The summed E-state index contributed by atoms with van der Waals surface area (Å²) in [5, 5.41) is 11.7. The van der Waals surface area contributed by atoms with E-state index in [0.717, 1.165) is 24.8 Å². The Morgan fingerprint density at radius 1 is 1.19 bits per heavy atom. The summed E-state index contributed by atoms with van der Waals surface area (Å²) < 4.78 is 4.87. The Labute approximate surface area is 188 Å². The fraction of sp³-hybridized carbons (Fsp3) is 0.852. The van der Waals surface area contributed by atoms with Crippen molar-refractivity contribution in [3.05, 3.63) is 11.6 Å². The van der Waals surface area contributed by atoms with Gasteiger partial charge in [0.05, 0.1) is 13.2 Å². The third-order valence-electron chi connectivity index (χ3n) is 10.6. The van der Waals surface area contributed by atoms with Gasteiger partial charge in [0.1, 0.15) is 5.78 Å². The van der Waals surface area contributed by atoms with Gasteiger partial charge < -0.3 is 9.84 Å². The van der Waals surface area contributed by atoms with Crippen molar-refractivity contribution < 1.29 is 19.4 Å². The Hall–Kier alpha value is -1.16. The molecule has 0 spiro atoms. The normalized spacial score (nSPS) is 46.8. The number of ketones is 1. The van der Waals surface area contributed by atoms with E-state index in [0.29, 0.717) is 54.6 Å². The zero-order valence-corrected chi connectivity index (χ0v) is 20.2. The van der Waals surface area contributed by atoms with Crippen LogP contribution in [0.4, 0.5) is 0 Å². The molecule has 31 heavy (non-hydrogen) atoms. The Bertz CT molecular complexity index is 756. The van der Waals surface area contributed by atoms with Crippen molar-refractivity contribution in [1.29, 1.82) is 0 Å². The van der Waals surface area contributed by atoms with E-state index in [4.69, 9.17) is 4.74 Å². The van der Waals surface area contributed by atoms with Crippen LogP contribution in [0.3, 0.4) is 0 Å². The van der Waals surface area contributed by atoms with Crippen LogP contribution in [0.2, 0.25) is 0 Å². The molecule has 174 valence electrons. The smallest absolute Gasteiger partial charge is 0.305 e. The van der Waals surface area contributed by atoms with Crippen molar-refractivity contribution in [3.63, 3.8) is 0 Å². The molecule has 9 atom stereocenters. The van der Waals surface area contributed by atoms with Crippen LogP contribution in [0.25, 0.3) is 0 Å². The summed E-state index contributed by atoms with van der Waals surface area (Å²) in [4.78, 5) is 24.0. The Morgan fingerprint density at radius 2 is 1.90 bits per heavy atom. The van der Waals surface area contributed by atoms with Crippen LogP contribution in [-0.4, -0.2) is 30.1 Å². The number of hydrogen-bond donors (Lipinski definition) is 1. The van der Waals surface area contributed by atoms with Crippen LogP contribution >= 0.6 is 0 Å². The van der Waals surface area contributed by atoms with E-state index in [9.17, 15) is 14.7 Å². The van der Waals surface area contributed by atoms with Gasteiger partial charge in [-0.1, -0.05) is 26.8 Å². The number of hydrogen-bond acceptors (Lipinski definition) is 4. The summed E-state index contributed by atoms with van der Waals surface area (Å²) in [5.74, 6) is 2.90. The minimum atomic E-state index is -0.410. The number of methoxy groups -OCH3 is 1. The molecule has 4 fully saturated rings. The van der Waals surface area contributed by atoms with Gasteiger partial charge in [0.25, 0.3) is 0 Å². The standard InChI is InChI=1S/C27H42O4/c1-6-18-22-15-17(28)11-13-27(22,4)21-12-14-26(3)19(16(2)7-10-23(29)31-5)8-9-20(26)24(21)25(18)30/h6,16,19-22,24-25,30H,7-15H2,1-5H3/t16-,19-,20+,21+,22+,24+,25-,26-,27-/m1/s1. The molecule has 4 aliphatic carbocycles. The molecule has 4 aliphatic rings. The molecule has 0 aliphatic heterocycles.